The van der Waals surface area contributed by atoms with Crippen LogP contribution in [0.4, 0.5) is 13.2 Å². The fourth-order valence-electron chi connectivity index (χ4n) is 3.15. The summed E-state index contributed by atoms with van der Waals surface area (Å²) in [4.78, 5) is 11.3. The normalized spacial score (nSPS) is 24.8. The van der Waals surface area contributed by atoms with Crippen LogP contribution in [0.1, 0.15) is 38.5 Å². The van der Waals surface area contributed by atoms with Gasteiger partial charge in [-0.15, -0.1) is 6.58 Å². The zero-order valence-corrected chi connectivity index (χ0v) is 11.3. The standard InChI is InChI=1S/C14H19F3O3/c1-2-3-12(10-11(18)14(15,16)17)4-6-13(7-5-12)19-8-9-20-13/h2H,1,3-10H2. The topological polar surface area (TPSA) is 35.5 Å². The van der Waals surface area contributed by atoms with Gasteiger partial charge >= 0.3 is 6.18 Å². The molecule has 2 rings (SSSR count). The number of rotatable bonds is 4. The summed E-state index contributed by atoms with van der Waals surface area (Å²) >= 11 is 0. The molecule has 0 aromatic heterocycles. The van der Waals surface area contributed by atoms with Gasteiger partial charge in [0.15, 0.2) is 5.79 Å². The van der Waals surface area contributed by atoms with E-state index in [4.69, 9.17) is 9.47 Å². The Morgan fingerprint density at radius 3 is 2.15 bits per heavy atom. The van der Waals surface area contributed by atoms with E-state index in [9.17, 15) is 18.0 Å². The highest BCUT2D eigenvalue weighted by molar-refractivity contribution is 5.84. The summed E-state index contributed by atoms with van der Waals surface area (Å²) in [6.45, 7) is 4.65. The fraction of sp³-hybridized carbons (Fsp3) is 0.786. The van der Waals surface area contributed by atoms with Gasteiger partial charge in [0.25, 0.3) is 0 Å². The largest absolute Gasteiger partial charge is 0.449 e. The first-order chi connectivity index (χ1) is 9.31. The lowest BCUT2D eigenvalue weighted by molar-refractivity contribution is -0.196. The molecule has 0 aromatic carbocycles. The number of ketones is 1. The maximum absolute atomic E-state index is 12.5. The van der Waals surface area contributed by atoms with Crippen molar-refractivity contribution >= 4 is 5.78 Å². The molecule has 3 nitrogen and oxygen atoms in total. The molecule has 1 aliphatic carbocycles. The molecule has 1 spiro atoms. The summed E-state index contributed by atoms with van der Waals surface area (Å²) in [5.41, 5.74) is -0.658. The summed E-state index contributed by atoms with van der Waals surface area (Å²) in [7, 11) is 0. The molecule has 114 valence electrons. The van der Waals surface area contributed by atoms with Gasteiger partial charge in [-0.3, -0.25) is 4.79 Å². The molecule has 6 heteroatoms. The zero-order valence-electron chi connectivity index (χ0n) is 11.3. The lowest BCUT2D eigenvalue weighted by atomic mass is 9.67. The number of alkyl halides is 3. The second-order valence-corrected chi connectivity index (χ2v) is 5.70. The Kier molecular flexibility index (Phi) is 4.25. The number of hydrogen-bond donors (Lipinski definition) is 0. The average Bonchev–Trinajstić information content (AvgIpc) is 2.81. The van der Waals surface area contributed by atoms with E-state index in [2.05, 4.69) is 6.58 Å². The molecule has 1 aliphatic heterocycles. The van der Waals surface area contributed by atoms with Crippen molar-refractivity contribution in [2.24, 2.45) is 5.41 Å². The van der Waals surface area contributed by atoms with Crippen LogP contribution in [0.3, 0.4) is 0 Å². The van der Waals surface area contributed by atoms with E-state index in [1.807, 2.05) is 0 Å². The molecule has 20 heavy (non-hydrogen) atoms. The maximum atomic E-state index is 12.5. The molecule has 0 N–H and O–H groups in total. The number of Topliss-reactive ketones (excluding diaryl/α,β-unsaturated/α-hetero) is 1. The Morgan fingerprint density at radius 1 is 1.15 bits per heavy atom. The Bertz CT molecular complexity index is 374. The molecule has 2 fully saturated rings. The molecule has 0 atom stereocenters. The third kappa shape index (κ3) is 3.23. The van der Waals surface area contributed by atoms with Crippen LogP contribution in [0.2, 0.25) is 0 Å². The van der Waals surface area contributed by atoms with Crippen molar-refractivity contribution in [3.8, 4) is 0 Å². The highest BCUT2D eigenvalue weighted by atomic mass is 19.4. The van der Waals surface area contributed by atoms with Gasteiger partial charge in [-0.1, -0.05) is 6.08 Å². The van der Waals surface area contributed by atoms with Gasteiger partial charge in [-0.25, -0.2) is 0 Å². The number of halogens is 3. The number of carbonyl (C=O) groups excluding carboxylic acids is 1. The number of carbonyl (C=O) groups is 1. The van der Waals surface area contributed by atoms with Crippen LogP contribution in [0.15, 0.2) is 12.7 Å². The Morgan fingerprint density at radius 2 is 1.70 bits per heavy atom. The van der Waals surface area contributed by atoms with Crippen molar-refractivity contribution in [3.05, 3.63) is 12.7 Å². The summed E-state index contributed by atoms with van der Waals surface area (Å²) < 4.78 is 48.6. The Hall–Kier alpha value is -0.880. The lowest BCUT2D eigenvalue weighted by Crippen LogP contribution is -2.42. The molecular formula is C14H19F3O3. The molecule has 0 bridgehead atoms. The van der Waals surface area contributed by atoms with E-state index in [1.165, 1.54) is 0 Å². The zero-order chi connectivity index (χ0) is 14.9. The van der Waals surface area contributed by atoms with Crippen molar-refractivity contribution in [2.75, 3.05) is 13.2 Å². The minimum absolute atomic E-state index is 0.408. The summed E-state index contributed by atoms with van der Waals surface area (Å²) in [6.07, 6.45) is -1.19. The van der Waals surface area contributed by atoms with Crippen LogP contribution in [0, 0.1) is 5.41 Å². The van der Waals surface area contributed by atoms with Gasteiger partial charge in [0, 0.05) is 19.3 Å². The van der Waals surface area contributed by atoms with E-state index >= 15 is 0 Å². The molecule has 1 heterocycles. The van der Waals surface area contributed by atoms with E-state index < -0.39 is 29.6 Å². The van der Waals surface area contributed by atoms with Crippen molar-refractivity contribution in [2.45, 2.75) is 50.5 Å². The summed E-state index contributed by atoms with van der Waals surface area (Å²) in [6, 6.07) is 0. The molecule has 1 saturated heterocycles. The minimum Gasteiger partial charge on any atom is -0.348 e. The Balaban J connectivity index is 2.04. The third-order valence-corrected chi connectivity index (χ3v) is 4.32. The molecule has 0 amide bonds. The van der Waals surface area contributed by atoms with E-state index in [0.717, 1.165) is 0 Å². The van der Waals surface area contributed by atoms with Gasteiger partial charge < -0.3 is 9.47 Å². The SMILES string of the molecule is C=CCC1(CC(=O)C(F)(F)F)CCC2(CC1)OCCO2. The van der Waals surface area contributed by atoms with Gasteiger partial charge in [0.05, 0.1) is 13.2 Å². The van der Waals surface area contributed by atoms with E-state index in [1.54, 1.807) is 6.08 Å². The smallest absolute Gasteiger partial charge is 0.348 e. The second kappa shape index (κ2) is 5.48. The Labute approximate surface area is 116 Å². The van der Waals surface area contributed by atoms with Crippen molar-refractivity contribution in [3.63, 3.8) is 0 Å². The average molecular weight is 292 g/mol. The predicted octanol–water partition coefficient (Wildman–Crippen LogP) is 3.39. The lowest BCUT2D eigenvalue weighted by Gasteiger charge is -2.43. The third-order valence-electron chi connectivity index (χ3n) is 4.32. The van der Waals surface area contributed by atoms with Crippen molar-refractivity contribution in [1.82, 2.24) is 0 Å². The monoisotopic (exact) mass is 292 g/mol. The molecule has 0 radical (unpaired) electrons. The number of ether oxygens (including phenoxy) is 2. The van der Waals surface area contributed by atoms with Crippen LogP contribution < -0.4 is 0 Å². The van der Waals surface area contributed by atoms with Crippen LogP contribution in [0.5, 0.6) is 0 Å². The fourth-order valence-corrected chi connectivity index (χ4v) is 3.15. The van der Waals surface area contributed by atoms with Crippen LogP contribution in [-0.4, -0.2) is 31.0 Å². The highest BCUT2D eigenvalue weighted by Gasteiger charge is 2.49. The second-order valence-electron chi connectivity index (χ2n) is 5.70. The first kappa shape index (κ1) is 15.5. The number of allylic oxidation sites excluding steroid dienone is 1. The summed E-state index contributed by atoms with van der Waals surface area (Å²) in [5.74, 6) is -2.28. The minimum atomic E-state index is -4.76. The number of hydrogen-bond acceptors (Lipinski definition) is 3. The molecule has 0 unspecified atom stereocenters. The quantitative estimate of drug-likeness (QED) is 0.745. The van der Waals surface area contributed by atoms with Crippen LogP contribution in [-0.2, 0) is 14.3 Å². The van der Waals surface area contributed by atoms with E-state index in [0.29, 0.717) is 45.3 Å². The molecule has 0 aromatic rings. The van der Waals surface area contributed by atoms with Crippen LogP contribution in [0.25, 0.3) is 0 Å². The first-order valence-corrected chi connectivity index (χ1v) is 6.80. The van der Waals surface area contributed by atoms with Gasteiger partial charge in [0.1, 0.15) is 0 Å². The highest BCUT2D eigenvalue weighted by Crippen LogP contribution is 2.49. The van der Waals surface area contributed by atoms with E-state index in [-0.39, 0.29) is 0 Å². The van der Waals surface area contributed by atoms with Crippen molar-refractivity contribution in [1.29, 1.82) is 0 Å². The van der Waals surface area contributed by atoms with Gasteiger partial charge in [0.2, 0.25) is 5.78 Å². The maximum Gasteiger partial charge on any atom is 0.449 e. The van der Waals surface area contributed by atoms with Crippen molar-refractivity contribution < 1.29 is 27.4 Å². The predicted molar refractivity (Wildman–Crippen MR) is 66.0 cm³/mol. The first-order valence-electron chi connectivity index (χ1n) is 6.80. The van der Waals surface area contributed by atoms with Gasteiger partial charge in [-0.2, -0.15) is 13.2 Å². The molecular weight excluding hydrogens is 273 g/mol. The molecule has 1 saturated carbocycles. The van der Waals surface area contributed by atoms with Gasteiger partial charge in [-0.05, 0) is 24.7 Å². The summed E-state index contributed by atoms with van der Waals surface area (Å²) in [5, 5.41) is 0. The molecule has 2 aliphatic rings. The van der Waals surface area contributed by atoms with Crippen LogP contribution >= 0.6 is 0 Å².